The van der Waals surface area contributed by atoms with E-state index in [-0.39, 0.29) is 37.3 Å². The quantitative estimate of drug-likeness (QED) is 0.664. The van der Waals surface area contributed by atoms with Gasteiger partial charge in [-0.05, 0) is 17.2 Å². The van der Waals surface area contributed by atoms with Crippen molar-refractivity contribution in [3.05, 3.63) is 53.9 Å². The van der Waals surface area contributed by atoms with E-state index in [0.29, 0.717) is 13.1 Å². The lowest BCUT2D eigenvalue weighted by atomic mass is 10.1. The molecule has 0 aliphatic rings. The van der Waals surface area contributed by atoms with E-state index >= 15 is 0 Å². The molecular formula is C15H20ClN5O2. The molecule has 1 aromatic heterocycles. The summed E-state index contributed by atoms with van der Waals surface area (Å²) in [6.07, 6.45) is 3.61. The molecule has 2 amide bonds. The molecule has 0 aliphatic carbocycles. The van der Waals surface area contributed by atoms with Crippen molar-refractivity contribution in [3.8, 4) is 0 Å². The second kappa shape index (κ2) is 9.60. The zero-order valence-electron chi connectivity index (χ0n) is 12.6. The van der Waals surface area contributed by atoms with Crippen LogP contribution in [0.15, 0.2) is 42.7 Å². The Labute approximate surface area is 140 Å². The van der Waals surface area contributed by atoms with Gasteiger partial charge in [-0.25, -0.2) is 0 Å². The number of halogens is 1. The van der Waals surface area contributed by atoms with Gasteiger partial charge in [-0.3, -0.25) is 14.3 Å². The van der Waals surface area contributed by atoms with E-state index in [2.05, 4.69) is 15.7 Å². The molecule has 0 saturated heterocycles. The number of carbonyl (C=O) groups excluding carboxylic acids is 2. The summed E-state index contributed by atoms with van der Waals surface area (Å²) in [5, 5.41) is 9.38. The zero-order valence-corrected chi connectivity index (χ0v) is 13.4. The fraction of sp³-hybridized carbons (Fsp3) is 0.267. The summed E-state index contributed by atoms with van der Waals surface area (Å²) in [5.74, 6) is -0.607. The summed E-state index contributed by atoms with van der Waals surface area (Å²) in [5.41, 5.74) is 7.25. The highest BCUT2D eigenvalue weighted by Crippen LogP contribution is 2.10. The van der Waals surface area contributed by atoms with Crippen molar-refractivity contribution in [2.75, 3.05) is 13.1 Å². The van der Waals surface area contributed by atoms with Crippen molar-refractivity contribution in [2.24, 2.45) is 5.73 Å². The highest BCUT2D eigenvalue weighted by atomic mass is 35.5. The molecule has 0 radical (unpaired) electrons. The number of amides is 2. The minimum atomic E-state index is -0.353. The minimum Gasteiger partial charge on any atom is -0.350 e. The molecule has 4 N–H and O–H groups in total. The van der Waals surface area contributed by atoms with Crippen molar-refractivity contribution >= 4 is 24.2 Å². The number of nitrogens with two attached hydrogens (primary N) is 1. The van der Waals surface area contributed by atoms with Crippen molar-refractivity contribution in [1.29, 1.82) is 0 Å². The first kappa shape index (κ1) is 18.7. The van der Waals surface area contributed by atoms with Crippen LogP contribution < -0.4 is 16.4 Å². The summed E-state index contributed by atoms with van der Waals surface area (Å²) >= 11 is 0. The average molecular weight is 338 g/mol. The monoisotopic (exact) mass is 337 g/mol. The molecule has 1 aromatic carbocycles. The van der Waals surface area contributed by atoms with Gasteiger partial charge < -0.3 is 16.4 Å². The summed E-state index contributed by atoms with van der Waals surface area (Å²) in [6.45, 7) is 0.842. The third kappa shape index (κ3) is 6.09. The van der Waals surface area contributed by atoms with Gasteiger partial charge >= 0.3 is 0 Å². The molecule has 0 aliphatic heterocycles. The first-order valence-corrected chi connectivity index (χ1v) is 6.96. The summed E-state index contributed by atoms with van der Waals surface area (Å²) < 4.78 is 1.82. The van der Waals surface area contributed by atoms with E-state index in [9.17, 15) is 9.59 Å². The predicted octanol–water partition coefficient (Wildman–Crippen LogP) is 0.0443. The molecule has 124 valence electrons. The molecule has 2 rings (SSSR count). The van der Waals surface area contributed by atoms with Crippen LogP contribution in [0.1, 0.15) is 11.1 Å². The molecule has 0 unspecified atom stereocenters. The van der Waals surface area contributed by atoms with Gasteiger partial charge in [0.25, 0.3) is 0 Å². The van der Waals surface area contributed by atoms with Crippen LogP contribution in [0.2, 0.25) is 0 Å². The van der Waals surface area contributed by atoms with Crippen molar-refractivity contribution in [1.82, 2.24) is 20.4 Å². The van der Waals surface area contributed by atoms with Gasteiger partial charge in [0.1, 0.15) is 0 Å². The largest absolute Gasteiger partial charge is 0.350 e. The normalized spacial score (nSPS) is 9.78. The van der Waals surface area contributed by atoms with Crippen molar-refractivity contribution in [2.45, 2.75) is 13.1 Å². The van der Waals surface area contributed by atoms with Gasteiger partial charge in [0, 0.05) is 18.9 Å². The van der Waals surface area contributed by atoms with Gasteiger partial charge in [0.15, 0.2) is 0 Å². The third-order valence-corrected chi connectivity index (χ3v) is 3.12. The van der Waals surface area contributed by atoms with E-state index in [4.69, 9.17) is 5.73 Å². The summed E-state index contributed by atoms with van der Waals surface area (Å²) in [6, 6.07) is 9.69. The van der Waals surface area contributed by atoms with Crippen molar-refractivity contribution in [3.63, 3.8) is 0 Å². The van der Waals surface area contributed by atoms with Crippen LogP contribution in [0.3, 0.4) is 0 Å². The molecule has 0 spiro atoms. The summed E-state index contributed by atoms with van der Waals surface area (Å²) in [7, 11) is 0. The highest BCUT2D eigenvalue weighted by molar-refractivity contribution is 5.85. The molecule has 23 heavy (non-hydrogen) atoms. The van der Waals surface area contributed by atoms with Crippen LogP contribution in [0, 0.1) is 0 Å². The lowest BCUT2D eigenvalue weighted by molar-refractivity contribution is -0.125. The zero-order chi connectivity index (χ0) is 15.8. The standard InChI is InChI=1S/C15H19N5O2.ClH/c16-8-14(21)18-10-15(22)17-9-12-4-1-2-5-13(12)11-20-7-3-6-19-20;/h1-7H,8-11,16H2,(H,17,22)(H,18,21);1H. The Kier molecular flexibility index (Phi) is 7.79. The second-order valence-corrected chi connectivity index (χ2v) is 4.73. The lowest BCUT2D eigenvalue weighted by Crippen LogP contribution is -2.39. The second-order valence-electron chi connectivity index (χ2n) is 4.73. The van der Waals surface area contributed by atoms with E-state index in [0.717, 1.165) is 11.1 Å². The number of carbonyl (C=O) groups is 2. The summed E-state index contributed by atoms with van der Waals surface area (Å²) in [4.78, 5) is 22.7. The van der Waals surface area contributed by atoms with Gasteiger partial charge in [-0.15, -0.1) is 12.4 Å². The molecule has 0 bridgehead atoms. The van der Waals surface area contributed by atoms with E-state index < -0.39 is 0 Å². The van der Waals surface area contributed by atoms with E-state index in [1.54, 1.807) is 6.20 Å². The average Bonchev–Trinajstić information content (AvgIpc) is 3.04. The fourth-order valence-electron chi connectivity index (χ4n) is 1.96. The van der Waals surface area contributed by atoms with Gasteiger partial charge in [0.05, 0.1) is 19.6 Å². The number of aromatic nitrogens is 2. The Morgan fingerprint density at radius 3 is 2.48 bits per heavy atom. The molecule has 7 nitrogen and oxygen atoms in total. The Morgan fingerprint density at radius 2 is 1.83 bits per heavy atom. The lowest BCUT2D eigenvalue weighted by Gasteiger charge is -2.11. The smallest absolute Gasteiger partial charge is 0.239 e. The van der Waals surface area contributed by atoms with Crippen LogP contribution >= 0.6 is 12.4 Å². The highest BCUT2D eigenvalue weighted by Gasteiger charge is 2.06. The molecule has 1 heterocycles. The van der Waals surface area contributed by atoms with E-state index in [1.165, 1.54) is 0 Å². The van der Waals surface area contributed by atoms with Crippen LogP contribution in [-0.2, 0) is 22.7 Å². The number of nitrogens with one attached hydrogen (secondary N) is 2. The number of nitrogens with zero attached hydrogens (tertiary/aromatic N) is 2. The van der Waals surface area contributed by atoms with Gasteiger partial charge in [-0.2, -0.15) is 5.10 Å². The Hall–Kier alpha value is -2.38. The molecule has 8 heteroatoms. The molecular weight excluding hydrogens is 318 g/mol. The van der Waals surface area contributed by atoms with Crippen LogP contribution in [0.25, 0.3) is 0 Å². The van der Waals surface area contributed by atoms with E-state index in [1.807, 2.05) is 41.2 Å². The number of hydrogen-bond donors (Lipinski definition) is 3. The Bertz CT molecular complexity index is 631. The predicted molar refractivity (Wildman–Crippen MR) is 88.9 cm³/mol. The first-order chi connectivity index (χ1) is 10.7. The third-order valence-electron chi connectivity index (χ3n) is 3.12. The molecule has 0 fully saturated rings. The number of hydrogen-bond acceptors (Lipinski definition) is 4. The van der Waals surface area contributed by atoms with Gasteiger partial charge in [0.2, 0.25) is 11.8 Å². The maximum Gasteiger partial charge on any atom is 0.239 e. The van der Waals surface area contributed by atoms with Gasteiger partial charge in [-0.1, -0.05) is 24.3 Å². The minimum absolute atomic E-state index is 0. The Balaban J connectivity index is 0.00000264. The maximum atomic E-state index is 11.7. The van der Waals surface area contributed by atoms with Crippen LogP contribution in [-0.4, -0.2) is 34.7 Å². The Morgan fingerprint density at radius 1 is 1.09 bits per heavy atom. The number of benzene rings is 1. The molecule has 2 aromatic rings. The topological polar surface area (TPSA) is 102 Å². The first-order valence-electron chi connectivity index (χ1n) is 6.96. The SMILES string of the molecule is Cl.NCC(=O)NCC(=O)NCc1ccccc1Cn1cccn1. The molecule has 0 saturated carbocycles. The molecule has 0 atom stereocenters. The van der Waals surface area contributed by atoms with Crippen molar-refractivity contribution < 1.29 is 9.59 Å². The maximum absolute atomic E-state index is 11.7. The fourth-order valence-corrected chi connectivity index (χ4v) is 1.96. The number of rotatable bonds is 7. The van der Waals surface area contributed by atoms with Crippen LogP contribution in [0.4, 0.5) is 0 Å². The van der Waals surface area contributed by atoms with Crippen LogP contribution in [0.5, 0.6) is 0 Å².